The van der Waals surface area contributed by atoms with E-state index in [0.717, 1.165) is 22.5 Å². The molecule has 0 spiro atoms. The minimum absolute atomic E-state index is 0.633. The Morgan fingerprint density at radius 1 is 0.920 bits per heavy atom. The average Bonchev–Trinajstić information content (AvgIpc) is 3.01. The van der Waals surface area contributed by atoms with E-state index >= 15 is 0 Å². The van der Waals surface area contributed by atoms with Gasteiger partial charge in [-0.2, -0.15) is 0 Å². The normalized spacial score (nSPS) is 11.4. The molecule has 2 heterocycles. The molecular weight excluding hydrogens is 332 g/mol. The van der Waals surface area contributed by atoms with E-state index in [1.54, 1.807) is 6.07 Å². The van der Waals surface area contributed by atoms with Gasteiger partial charge in [-0.15, -0.1) is 10.2 Å². The summed E-state index contributed by atoms with van der Waals surface area (Å²) in [5.74, 6) is 0.699. The Morgan fingerprint density at radius 2 is 1.76 bits per heavy atom. The molecule has 5 heteroatoms. The van der Waals surface area contributed by atoms with Crippen LogP contribution in [-0.4, -0.2) is 9.38 Å². The number of hydrogen-bond donors (Lipinski definition) is 0. The first kappa shape index (κ1) is 15.5. The van der Waals surface area contributed by atoms with Gasteiger partial charge in [-0.05, 0) is 36.8 Å². The number of aryl methyl sites for hydroxylation is 1. The van der Waals surface area contributed by atoms with Gasteiger partial charge in [0.15, 0.2) is 5.82 Å². The van der Waals surface area contributed by atoms with Crippen LogP contribution in [0.1, 0.15) is 5.56 Å². The predicted octanol–water partition coefficient (Wildman–Crippen LogP) is 6.38. The molecule has 0 fully saturated rings. The largest absolute Gasteiger partial charge is 0.282 e. The van der Waals surface area contributed by atoms with Crippen molar-refractivity contribution >= 4 is 28.8 Å². The third-order valence-corrected chi connectivity index (χ3v) is 4.17. The molecule has 4 nitrogen and oxygen atoms in total. The quantitative estimate of drug-likeness (QED) is 0.397. The zero-order valence-electron chi connectivity index (χ0n) is 13.6. The van der Waals surface area contributed by atoms with Crippen molar-refractivity contribution in [2.45, 2.75) is 6.92 Å². The Labute approximate surface area is 150 Å². The molecule has 122 valence electrons. The van der Waals surface area contributed by atoms with Crippen molar-refractivity contribution in [3.05, 3.63) is 83.5 Å². The number of hydrogen-bond acceptors (Lipinski definition) is 3. The maximum Gasteiger partial charge on any atom is 0.187 e. The molecule has 0 amide bonds. The van der Waals surface area contributed by atoms with Crippen LogP contribution in [-0.2, 0) is 0 Å². The lowest BCUT2D eigenvalue weighted by Gasteiger charge is -2.00. The number of benzene rings is 2. The second-order valence-corrected chi connectivity index (χ2v) is 6.15. The smallest absolute Gasteiger partial charge is 0.187 e. The van der Waals surface area contributed by atoms with Crippen LogP contribution in [0.5, 0.6) is 0 Å². The van der Waals surface area contributed by atoms with E-state index in [-0.39, 0.29) is 0 Å². The molecule has 25 heavy (non-hydrogen) atoms. The summed E-state index contributed by atoms with van der Waals surface area (Å²) >= 11 is 6.03. The molecule has 0 aliphatic carbocycles. The summed E-state index contributed by atoms with van der Waals surface area (Å²) in [6.45, 7) is 2.04. The topological polar surface area (TPSA) is 42.0 Å². The van der Waals surface area contributed by atoms with Crippen molar-refractivity contribution in [1.29, 1.82) is 0 Å². The molecule has 0 saturated carbocycles. The third-order valence-electron chi connectivity index (χ3n) is 3.94. The predicted molar refractivity (Wildman–Crippen MR) is 101 cm³/mol. The van der Waals surface area contributed by atoms with Crippen molar-refractivity contribution in [2.24, 2.45) is 10.2 Å². The fourth-order valence-corrected chi connectivity index (χ4v) is 2.90. The minimum Gasteiger partial charge on any atom is -0.282 e. The van der Waals surface area contributed by atoms with E-state index in [2.05, 4.69) is 10.2 Å². The molecule has 4 rings (SSSR count). The van der Waals surface area contributed by atoms with Crippen LogP contribution < -0.4 is 0 Å². The summed E-state index contributed by atoms with van der Waals surface area (Å²) in [6.07, 6.45) is 1.95. The number of imidazole rings is 1. The highest BCUT2D eigenvalue weighted by Crippen LogP contribution is 2.33. The van der Waals surface area contributed by atoms with E-state index in [1.807, 2.05) is 78.2 Å². The lowest BCUT2D eigenvalue weighted by molar-refractivity contribution is 1.10. The Morgan fingerprint density at radius 3 is 2.56 bits per heavy atom. The molecule has 0 saturated heterocycles. The van der Waals surface area contributed by atoms with Crippen molar-refractivity contribution in [3.8, 4) is 11.3 Å². The second kappa shape index (κ2) is 6.49. The molecule has 4 aromatic rings. The summed E-state index contributed by atoms with van der Waals surface area (Å²) in [4.78, 5) is 4.80. The number of aromatic nitrogens is 2. The van der Waals surface area contributed by atoms with Gasteiger partial charge in [0, 0.05) is 16.8 Å². The second-order valence-electron chi connectivity index (χ2n) is 5.71. The highest BCUT2D eigenvalue weighted by molar-refractivity contribution is 6.30. The zero-order chi connectivity index (χ0) is 17.2. The zero-order valence-corrected chi connectivity index (χ0v) is 14.4. The Hall–Kier alpha value is -2.98. The highest BCUT2D eigenvalue weighted by atomic mass is 35.5. The first-order valence-electron chi connectivity index (χ1n) is 7.93. The van der Waals surface area contributed by atoms with E-state index in [4.69, 9.17) is 16.6 Å². The van der Waals surface area contributed by atoms with Crippen molar-refractivity contribution < 1.29 is 0 Å². The van der Waals surface area contributed by atoms with Gasteiger partial charge in [-0.3, -0.25) is 4.40 Å². The van der Waals surface area contributed by atoms with Crippen LogP contribution in [0.25, 0.3) is 16.9 Å². The van der Waals surface area contributed by atoms with Crippen molar-refractivity contribution in [1.82, 2.24) is 9.38 Å². The number of nitrogens with zero attached hydrogens (tertiary/aromatic N) is 4. The molecule has 0 radical (unpaired) electrons. The first-order valence-corrected chi connectivity index (χ1v) is 8.30. The van der Waals surface area contributed by atoms with E-state index < -0.39 is 0 Å². The summed E-state index contributed by atoms with van der Waals surface area (Å²) < 4.78 is 1.96. The highest BCUT2D eigenvalue weighted by Gasteiger charge is 2.14. The van der Waals surface area contributed by atoms with Crippen LogP contribution in [0.2, 0.25) is 5.02 Å². The van der Waals surface area contributed by atoms with Gasteiger partial charge in [0.2, 0.25) is 0 Å². The number of rotatable bonds is 3. The Balaban J connectivity index is 1.90. The van der Waals surface area contributed by atoms with Gasteiger partial charge in [-0.1, -0.05) is 54.1 Å². The molecule has 0 N–H and O–H groups in total. The molecule has 0 atom stereocenters. The number of pyridine rings is 1. The van der Waals surface area contributed by atoms with Crippen LogP contribution in [0.4, 0.5) is 11.5 Å². The maximum atomic E-state index is 6.03. The summed E-state index contributed by atoms with van der Waals surface area (Å²) in [5, 5.41) is 9.48. The molecule has 0 aliphatic rings. The Kier molecular flexibility index (Phi) is 4.04. The van der Waals surface area contributed by atoms with E-state index in [0.29, 0.717) is 16.5 Å². The van der Waals surface area contributed by atoms with Gasteiger partial charge in [0.25, 0.3) is 0 Å². The van der Waals surface area contributed by atoms with Gasteiger partial charge in [0.05, 0.1) is 5.69 Å². The fraction of sp³-hybridized carbons (Fsp3) is 0.0500. The molecular formula is C20H15ClN4. The van der Waals surface area contributed by atoms with E-state index in [1.165, 1.54) is 0 Å². The molecule has 0 unspecified atom stereocenters. The fourth-order valence-electron chi connectivity index (χ4n) is 2.72. The SMILES string of the molecule is Cc1cccn2c(N=Nc3cccc(Cl)c3)c(-c3ccccc3)nc12. The molecule has 0 aliphatic heterocycles. The van der Waals surface area contributed by atoms with Crippen LogP contribution in [0.3, 0.4) is 0 Å². The minimum atomic E-state index is 0.633. The number of halogens is 1. The summed E-state index contributed by atoms with van der Waals surface area (Å²) in [5.41, 5.74) is 4.48. The number of azo groups is 1. The molecule has 2 aromatic heterocycles. The molecule has 0 bridgehead atoms. The standard InChI is InChI=1S/C20H15ClN4/c1-14-7-6-12-25-19(14)22-18(15-8-3-2-4-9-15)20(25)24-23-17-11-5-10-16(21)13-17/h2-13H,1H3. The van der Waals surface area contributed by atoms with Crippen molar-refractivity contribution in [3.63, 3.8) is 0 Å². The van der Waals surface area contributed by atoms with Gasteiger partial charge in [-0.25, -0.2) is 4.98 Å². The number of fused-ring (bicyclic) bond motifs is 1. The van der Waals surface area contributed by atoms with Crippen LogP contribution in [0, 0.1) is 6.92 Å². The van der Waals surface area contributed by atoms with Gasteiger partial charge >= 0.3 is 0 Å². The monoisotopic (exact) mass is 346 g/mol. The van der Waals surface area contributed by atoms with Crippen LogP contribution in [0.15, 0.2) is 83.2 Å². The lowest BCUT2D eigenvalue weighted by atomic mass is 10.1. The Bertz CT molecular complexity index is 1070. The van der Waals surface area contributed by atoms with E-state index in [9.17, 15) is 0 Å². The first-order chi connectivity index (χ1) is 12.2. The van der Waals surface area contributed by atoms with Crippen LogP contribution >= 0.6 is 11.6 Å². The van der Waals surface area contributed by atoms with Crippen molar-refractivity contribution in [2.75, 3.05) is 0 Å². The average molecular weight is 347 g/mol. The lowest BCUT2D eigenvalue weighted by Crippen LogP contribution is -1.85. The summed E-state index contributed by atoms with van der Waals surface area (Å²) in [6, 6.07) is 21.3. The third kappa shape index (κ3) is 3.04. The van der Waals surface area contributed by atoms with Gasteiger partial charge < -0.3 is 0 Å². The summed E-state index contributed by atoms with van der Waals surface area (Å²) in [7, 11) is 0. The molecule has 2 aromatic carbocycles. The van der Waals surface area contributed by atoms with Gasteiger partial charge in [0.1, 0.15) is 11.3 Å². The maximum absolute atomic E-state index is 6.03.